The first kappa shape index (κ1) is 13.7. The Hall–Kier alpha value is -1.75. The summed E-state index contributed by atoms with van der Waals surface area (Å²) < 4.78 is 0. The summed E-state index contributed by atoms with van der Waals surface area (Å²) in [5.41, 5.74) is 5.35. The molecule has 6 heteroatoms. The van der Waals surface area contributed by atoms with Gasteiger partial charge in [0, 0.05) is 13.1 Å². The van der Waals surface area contributed by atoms with Gasteiger partial charge < -0.3 is 15.7 Å². The quantitative estimate of drug-likeness (QED) is 0.884. The van der Waals surface area contributed by atoms with Crippen molar-refractivity contribution in [3.05, 3.63) is 28.8 Å². The molecule has 102 valence electrons. The Labute approximate surface area is 116 Å². The van der Waals surface area contributed by atoms with Crippen molar-refractivity contribution in [3.63, 3.8) is 0 Å². The predicted octanol–water partition coefficient (Wildman–Crippen LogP) is 1.74. The summed E-state index contributed by atoms with van der Waals surface area (Å²) in [6.07, 6.45) is 0.590. The van der Waals surface area contributed by atoms with Gasteiger partial charge in [0.25, 0.3) is 0 Å². The molecule has 1 saturated heterocycles. The van der Waals surface area contributed by atoms with Crippen molar-refractivity contribution < 1.29 is 14.7 Å². The van der Waals surface area contributed by atoms with Crippen LogP contribution in [0.5, 0.6) is 0 Å². The van der Waals surface area contributed by atoms with E-state index in [1.165, 1.54) is 6.07 Å². The Morgan fingerprint density at radius 1 is 1.47 bits per heavy atom. The van der Waals surface area contributed by atoms with E-state index in [1.54, 1.807) is 19.1 Å². The third kappa shape index (κ3) is 2.38. The number of carbonyl (C=O) groups excluding carboxylic acids is 1. The van der Waals surface area contributed by atoms with E-state index < -0.39 is 11.4 Å². The Balaban J connectivity index is 2.39. The third-order valence-electron chi connectivity index (χ3n) is 3.60. The lowest BCUT2D eigenvalue weighted by molar-refractivity contribution is -0.125. The summed E-state index contributed by atoms with van der Waals surface area (Å²) in [5, 5.41) is 9.58. The van der Waals surface area contributed by atoms with Crippen LogP contribution in [0.15, 0.2) is 18.2 Å². The van der Waals surface area contributed by atoms with Gasteiger partial charge in [0.05, 0.1) is 21.7 Å². The molecule has 1 fully saturated rings. The van der Waals surface area contributed by atoms with Gasteiger partial charge in [0.15, 0.2) is 0 Å². The highest BCUT2D eigenvalue weighted by Crippen LogP contribution is 2.38. The number of nitrogens with two attached hydrogens (primary N) is 1. The molecule has 5 nitrogen and oxygen atoms in total. The average molecular weight is 283 g/mol. The number of carboxylic acids is 1. The topological polar surface area (TPSA) is 83.6 Å². The van der Waals surface area contributed by atoms with Gasteiger partial charge in [0.2, 0.25) is 5.91 Å². The number of hydrogen-bond donors (Lipinski definition) is 2. The van der Waals surface area contributed by atoms with E-state index in [1.807, 2.05) is 4.90 Å². The second-order valence-corrected chi connectivity index (χ2v) is 5.44. The normalized spacial score (nSPS) is 22.5. The molecule has 0 bridgehead atoms. The molecule has 1 atom stereocenters. The SMILES string of the molecule is CC1(C(N)=O)CCN(c2c(Cl)cccc2C(=O)O)C1. The molecule has 1 amide bonds. The second kappa shape index (κ2) is 4.74. The maximum Gasteiger partial charge on any atom is 0.337 e. The summed E-state index contributed by atoms with van der Waals surface area (Å²) in [6.45, 7) is 2.72. The number of nitrogens with zero attached hydrogens (tertiary/aromatic N) is 1. The molecule has 0 spiro atoms. The van der Waals surface area contributed by atoms with Crippen molar-refractivity contribution in [2.45, 2.75) is 13.3 Å². The molecule has 0 saturated carbocycles. The van der Waals surface area contributed by atoms with E-state index in [0.717, 1.165) is 0 Å². The summed E-state index contributed by atoms with van der Waals surface area (Å²) in [5.74, 6) is -1.41. The second-order valence-electron chi connectivity index (χ2n) is 5.04. The minimum atomic E-state index is -1.04. The molecule has 0 aliphatic carbocycles. The standard InChI is InChI=1S/C13H15ClN2O3/c1-13(12(15)19)5-6-16(7-13)10-8(11(17)18)3-2-4-9(10)14/h2-4H,5-7H2,1H3,(H2,15,19)(H,17,18). The number of primary amides is 1. The monoisotopic (exact) mass is 282 g/mol. The smallest absolute Gasteiger partial charge is 0.337 e. The van der Waals surface area contributed by atoms with Crippen molar-refractivity contribution in [3.8, 4) is 0 Å². The van der Waals surface area contributed by atoms with Crippen molar-refractivity contribution >= 4 is 29.2 Å². The highest BCUT2D eigenvalue weighted by molar-refractivity contribution is 6.34. The summed E-state index contributed by atoms with van der Waals surface area (Å²) >= 11 is 6.11. The number of aromatic carboxylic acids is 1. The van der Waals surface area contributed by atoms with Gasteiger partial charge in [0.1, 0.15) is 0 Å². The van der Waals surface area contributed by atoms with Crippen LogP contribution in [0.25, 0.3) is 0 Å². The highest BCUT2D eigenvalue weighted by Gasteiger charge is 2.40. The number of carboxylic acid groups (broad SMARTS) is 1. The molecule has 1 aromatic carbocycles. The largest absolute Gasteiger partial charge is 0.478 e. The van der Waals surface area contributed by atoms with Crippen LogP contribution in [0.3, 0.4) is 0 Å². The minimum absolute atomic E-state index is 0.140. The molecule has 1 aliphatic heterocycles. The molecule has 0 radical (unpaired) electrons. The van der Waals surface area contributed by atoms with Crippen molar-refractivity contribution in [2.24, 2.45) is 11.1 Å². The Bertz CT molecular complexity index is 547. The van der Waals surface area contributed by atoms with E-state index >= 15 is 0 Å². The first-order valence-electron chi connectivity index (χ1n) is 5.92. The van der Waals surface area contributed by atoms with Crippen molar-refractivity contribution in [1.29, 1.82) is 0 Å². The van der Waals surface area contributed by atoms with Crippen LogP contribution in [0, 0.1) is 5.41 Å². The lowest BCUT2D eigenvalue weighted by Gasteiger charge is -2.24. The van der Waals surface area contributed by atoms with Gasteiger partial charge in [-0.1, -0.05) is 17.7 Å². The molecule has 1 aliphatic rings. The lowest BCUT2D eigenvalue weighted by atomic mass is 9.89. The number of anilines is 1. The zero-order valence-electron chi connectivity index (χ0n) is 10.5. The number of rotatable bonds is 3. The molecular formula is C13H15ClN2O3. The molecule has 1 aromatic rings. The van der Waals surface area contributed by atoms with Crippen LogP contribution in [-0.4, -0.2) is 30.1 Å². The number of halogens is 1. The highest BCUT2D eigenvalue weighted by atomic mass is 35.5. The van der Waals surface area contributed by atoms with Gasteiger partial charge in [-0.15, -0.1) is 0 Å². The van der Waals surface area contributed by atoms with Crippen molar-refractivity contribution in [1.82, 2.24) is 0 Å². The summed E-state index contributed by atoms with van der Waals surface area (Å²) in [6, 6.07) is 4.74. The van der Waals surface area contributed by atoms with E-state index in [9.17, 15) is 14.7 Å². The number of hydrogen-bond acceptors (Lipinski definition) is 3. The summed E-state index contributed by atoms with van der Waals surface area (Å²) in [4.78, 5) is 24.5. The van der Waals surface area contributed by atoms with Crippen LogP contribution in [-0.2, 0) is 4.79 Å². The van der Waals surface area contributed by atoms with E-state index in [2.05, 4.69) is 0 Å². The van der Waals surface area contributed by atoms with E-state index in [0.29, 0.717) is 30.2 Å². The number of amides is 1. The van der Waals surface area contributed by atoms with Crippen LogP contribution >= 0.6 is 11.6 Å². The third-order valence-corrected chi connectivity index (χ3v) is 3.91. The van der Waals surface area contributed by atoms with Crippen LogP contribution in [0.1, 0.15) is 23.7 Å². The van der Waals surface area contributed by atoms with E-state index in [-0.39, 0.29) is 11.5 Å². The fraction of sp³-hybridized carbons (Fsp3) is 0.385. The Morgan fingerprint density at radius 2 is 2.16 bits per heavy atom. The fourth-order valence-electron chi connectivity index (χ4n) is 2.36. The molecule has 1 unspecified atom stereocenters. The minimum Gasteiger partial charge on any atom is -0.478 e. The molecule has 19 heavy (non-hydrogen) atoms. The molecule has 1 heterocycles. The lowest BCUT2D eigenvalue weighted by Crippen LogP contribution is -2.37. The number of benzene rings is 1. The van der Waals surface area contributed by atoms with Crippen molar-refractivity contribution in [2.75, 3.05) is 18.0 Å². The van der Waals surface area contributed by atoms with Crippen LogP contribution in [0.4, 0.5) is 5.69 Å². The predicted molar refractivity (Wildman–Crippen MR) is 72.5 cm³/mol. The van der Waals surface area contributed by atoms with Crippen LogP contribution in [0.2, 0.25) is 5.02 Å². The average Bonchev–Trinajstić information content (AvgIpc) is 2.72. The fourth-order valence-corrected chi connectivity index (χ4v) is 2.66. The molecule has 0 aromatic heterocycles. The first-order valence-corrected chi connectivity index (χ1v) is 6.29. The molecular weight excluding hydrogens is 268 g/mol. The zero-order chi connectivity index (χ0) is 14.2. The first-order chi connectivity index (χ1) is 8.85. The van der Waals surface area contributed by atoms with Gasteiger partial charge in [-0.3, -0.25) is 4.79 Å². The molecule has 3 N–H and O–H groups in total. The maximum atomic E-state index is 11.5. The Morgan fingerprint density at radius 3 is 2.68 bits per heavy atom. The van der Waals surface area contributed by atoms with Gasteiger partial charge in [-0.05, 0) is 25.5 Å². The number of carbonyl (C=O) groups is 2. The summed E-state index contributed by atoms with van der Waals surface area (Å²) in [7, 11) is 0. The molecule has 2 rings (SSSR count). The maximum absolute atomic E-state index is 11.5. The van der Waals surface area contributed by atoms with Crippen LogP contribution < -0.4 is 10.6 Å². The number of para-hydroxylation sites is 1. The van der Waals surface area contributed by atoms with Gasteiger partial charge in [-0.25, -0.2) is 4.79 Å². The van der Waals surface area contributed by atoms with Gasteiger partial charge >= 0.3 is 5.97 Å². The zero-order valence-corrected chi connectivity index (χ0v) is 11.3. The van der Waals surface area contributed by atoms with E-state index in [4.69, 9.17) is 17.3 Å². The Kier molecular flexibility index (Phi) is 3.41. The van der Waals surface area contributed by atoms with Gasteiger partial charge in [-0.2, -0.15) is 0 Å².